The van der Waals surface area contributed by atoms with Crippen molar-refractivity contribution in [2.24, 2.45) is 7.05 Å². The van der Waals surface area contributed by atoms with Crippen LogP contribution in [0.1, 0.15) is 5.69 Å². The van der Waals surface area contributed by atoms with Gasteiger partial charge in [-0.2, -0.15) is 5.10 Å². The van der Waals surface area contributed by atoms with E-state index in [0.717, 1.165) is 11.4 Å². The van der Waals surface area contributed by atoms with Gasteiger partial charge in [-0.25, -0.2) is 0 Å². The van der Waals surface area contributed by atoms with Gasteiger partial charge in [0.1, 0.15) is 17.0 Å². The maximum Gasteiger partial charge on any atom is 0.155 e. The largest absolute Gasteiger partial charge is 0.507 e. The van der Waals surface area contributed by atoms with Gasteiger partial charge in [0.25, 0.3) is 0 Å². The van der Waals surface area contributed by atoms with Crippen molar-refractivity contribution in [3.8, 4) is 17.2 Å². The second kappa shape index (κ2) is 3.38. The highest BCUT2D eigenvalue weighted by Crippen LogP contribution is 2.32. The molecule has 0 radical (unpaired) electrons. The molecular formula is C13H12N2O2. The standard InChI is InChI=1S/C13H12N2O2/c1-8-6-10(14-15(8)2)13-7-9-11(16)4-3-5-12(9)17-13/h3-7,16H,1-2H3. The number of rotatable bonds is 1. The molecule has 1 N–H and O–H groups in total. The van der Waals surface area contributed by atoms with Gasteiger partial charge in [-0.1, -0.05) is 6.07 Å². The maximum atomic E-state index is 9.71. The van der Waals surface area contributed by atoms with Gasteiger partial charge in [0.05, 0.1) is 5.39 Å². The number of nitrogens with zero attached hydrogens (tertiary/aromatic N) is 2. The summed E-state index contributed by atoms with van der Waals surface area (Å²) in [5.41, 5.74) is 2.51. The summed E-state index contributed by atoms with van der Waals surface area (Å²) >= 11 is 0. The highest BCUT2D eigenvalue weighted by atomic mass is 16.3. The van der Waals surface area contributed by atoms with E-state index < -0.39 is 0 Å². The van der Waals surface area contributed by atoms with E-state index in [4.69, 9.17) is 4.42 Å². The third-order valence-corrected chi connectivity index (χ3v) is 2.90. The smallest absolute Gasteiger partial charge is 0.155 e. The van der Waals surface area contributed by atoms with Gasteiger partial charge in [-0.15, -0.1) is 0 Å². The van der Waals surface area contributed by atoms with Crippen molar-refractivity contribution in [3.05, 3.63) is 36.0 Å². The fourth-order valence-corrected chi connectivity index (χ4v) is 1.85. The average Bonchev–Trinajstić information content (AvgIpc) is 2.85. The lowest BCUT2D eigenvalue weighted by Crippen LogP contribution is -1.91. The SMILES string of the molecule is Cc1cc(-c2cc3c(O)cccc3o2)nn1C. The molecule has 3 aromatic rings. The molecule has 0 aliphatic rings. The summed E-state index contributed by atoms with van der Waals surface area (Å²) in [6, 6.07) is 9.00. The van der Waals surface area contributed by atoms with Gasteiger partial charge >= 0.3 is 0 Å². The first-order valence-corrected chi connectivity index (χ1v) is 5.37. The molecule has 2 heterocycles. The Hall–Kier alpha value is -2.23. The van der Waals surface area contributed by atoms with Gasteiger partial charge in [0.2, 0.25) is 0 Å². The Morgan fingerprint density at radius 1 is 1.29 bits per heavy atom. The number of aromatic hydroxyl groups is 1. The van der Waals surface area contributed by atoms with Crippen LogP contribution < -0.4 is 0 Å². The van der Waals surface area contributed by atoms with Crippen LogP contribution >= 0.6 is 0 Å². The molecule has 3 rings (SSSR count). The number of phenols is 1. The van der Waals surface area contributed by atoms with E-state index in [0.29, 0.717) is 16.7 Å². The molecule has 0 atom stereocenters. The quantitative estimate of drug-likeness (QED) is 0.696. The molecule has 4 nitrogen and oxygen atoms in total. The van der Waals surface area contributed by atoms with Crippen molar-refractivity contribution in [2.45, 2.75) is 6.92 Å². The van der Waals surface area contributed by atoms with Crippen LogP contribution in [0, 0.1) is 6.92 Å². The predicted molar refractivity (Wildman–Crippen MR) is 64.8 cm³/mol. The second-order valence-corrected chi connectivity index (χ2v) is 4.09. The summed E-state index contributed by atoms with van der Waals surface area (Å²) in [5, 5.41) is 14.8. The molecule has 2 aromatic heterocycles. The Morgan fingerprint density at radius 3 is 2.76 bits per heavy atom. The summed E-state index contributed by atoms with van der Waals surface area (Å²) < 4.78 is 7.46. The van der Waals surface area contributed by atoms with Crippen LogP contribution in [0.5, 0.6) is 5.75 Å². The number of fused-ring (bicyclic) bond motifs is 1. The zero-order chi connectivity index (χ0) is 12.0. The number of hydrogen-bond donors (Lipinski definition) is 1. The van der Waals surface area contributed by atoms with E-state index in [2.05, 4.69) is 5.10 Å². The zero-order valence-corrected chi connectivity index (χ0v) is 9.64. The van der Waals surface area contributed by atoms with Crippen LogP contribution in [0.3, 0.4) is 0 Å². The van der Waals surface area contributed by atoms with E-state index in [9.17, 15) is 5.11 Å². The van der Waals surface area contributed by atoms with Crippen LogP contribution in [0.4, 0.5) is 0 Å². The zero-order valence-electron chi connectivity index (χ0n) is 9.64. The molecule has 0 aliphatic heterocycles. The molecule has 1 aromatic carbocycles. The molecule has 0 saturated heterocycles. The Kier molecular flexibility index (Phi) is 1.98. The molecule has 0 saturated carbocycles. The lowest BCUT2D eigenvalue weighted by molar-refractivity contribution is 0.481. The summed E-state index contributed by atoms with van der Waals surface area (Å²) in [7, 11) is 1.89. The van der Waals surface area contributed by atoms with Crippen LogP contribution in [-0.2, 0) is 7.05 Å². The summed E-state index contributed by atoms with van der Waals surface area (Å²) in [4.78, 5) is 0. The minimum atomic E-state index is 0.227. The van der Waals surface area contributed by atoms with Crippen LogP contribution in [0.25, 0.3) is 22.4 Å². The minimum absolute atomic E-state index is 0.227. The van der Waals surface area contributed by atoms with Gasteiger partial charge in [0, 0.05) is 12.7 Å². The lowest BCUT2D eigenvalue weighted by atomic mass is 10.2. The molecule has 0 bridgehead atoms. The van der Waals surface area contributed by atoms with Crippen molar-refractivity contribution in [2.75, 3.05) is 0 Å². The summed E-state index contributed by atoms with van der Waals surface area (Å²) in [6.45, 7) is 1.98. The molecule has 4 heteroatoms. The van der Waals surface area contributed by atoms with E-state index in [1.165, 1.54) is 0 Å². The van der Waals surface area contributed by atoms with E-state index in [1.54, 1.807) is 16.8 Å². The average molecular weight is 228 g/mol. The van der Waals surface area contributed by atoms with E-state index in [1.807, 2.05) is 32.2 Å². The molecule has 0 amide bonds. The number of benzene rings is 1. The minimum Gasteiger partial charge on any atom is -0.507 e. The van der Waals surface area contributed by atoms with Crippen molar-refractivity contribution in [1.29, 1.82) is 0 Å². The molecule has 17 heavy (non-hydrogen) atoms. The monoisotopic (exact) mass is 228 g/mol. The Labute approximate surface area is 98.1 Å². The van der Waals surface area contributed by atoms with Gasteiger partial charge in [0.15, 0.2) is 5.76 Å². The Bertz CT molecular complexity index is 675. The van der Waals surface area contributed by atoms with Gasteiger partial charge in [-0.05, 0) is 31.2 Å². The summed E-state index contributed by atoms with van der Waals surface area (Å²) in [6.07, 6.45) is 0. The number of aromatic nitrogens is 2. The maximum absolute atomic E-state index is 9.71. The molecular weight excluding hydrogens is 216 g/mol. The van der Waals surface area contributed by atoms with Crippen molar-refractivity contribution in [3.63, 3.8) is 0 Å². The summed E-state index contributed by atoms with van der Waals surface area (Å²) in [5.74, 6) is 0.898. The second-order valence-electron chi connectivity index (χ2n) is 4.09. The van der Waals surface area contributed by atoms with Crippen molar-refractivity contribution in [1.82, 2.24) is 9.78 Å². The van der Waals surface area contributed by atoms with E-state index in [-0.39, 0.29) is 5.75 Å². The highest BCUT2D eigenvalue weighted by molar-refractivity contribution is 5.87. The normalized spacial score (nSPS) is 11.2. The molecule has 0 aliphatic carbocycles. The lowest BCUT2D eigenvalue weighted by Gasteiger charge is -1.90. The number of aryl methyl sites for hydroxylation is 2. The first-order valence-electron chi connectivity index (χ1n) is 5.37. The fraction of sp³-hybridized carbons (Fsp3) is 0.154. The Morgan fingerprint density at radius 2 is 2.12 bits per heavy atom. The predicted octanol–water partition coefficient (Wildman–Crippen LogP) is 2.85. The first kappa shape index (κ1) is 9.96. The third kappa shape index (κ3) is 1.49. The van der Waals surface area contributed by atoms with Gasteiger partial charge < -0.3 is 9.52 Å². The topological polar surface area (TPSA) is 51.2 Å². The van der Waals surface area contributed by atoms with Gasteiger partial charge in [-0.3, -0.25) is 4.68 Å². The van der Waals surface area contributed by atoms with Crippen LogP contribution in [0.2, 0.25) is 0 Å². The van der Waals surface area contributed by atoms with Crippen LogP contribution in [-0.4, -0.2) is 14.9 Å². The third-order valence-electron chi connectivity index (χ3n) is 2.90. The van der Waals surface area contributed by atoms with Crippen molar-refractivity contribution < 1.29 is 9.52 Å². The fourth-order valence-electron chi connectivity index (χ4n) is 1.85. The van der Waals surface area contributed by atoms with Crippen LogP contribution in [0.15, 0.2) is 34.7 Å². The first-order chi connectivity index (χ1) is 8.15. The highest BCUT2D eigenvalue weighted by Gasteiger charge is 2.11. The van der Waals surface area contributed by atoms with E-state index >= 15 is 0 Å². The van der Waals surface area contributed by atoms with Crippen molar-refractivity contribution >= 4 is 11.0 Å². The molecule has 86 valence electrons. The number of furan rings is 1. The number of hydrogen-bond acceptors (Lipinski definition) is 3. The molecule has 0 spiro atoms. The number of phenolic OH excluding ortho intramolecular Hbond substituents is 1. The molecule has 0 unspecified atom stereocenters. The molecule has 0 fully saturated rings. The Balaban J connectivity index is 2.21.